The Bertz CT molecular complexity index is 688. The number of carbonyl (C=O) groups is 1. The molecule has 21 heavy (non-hydrogen) atoms. The fourth-order valence-corrected chi connectivity index (χ4v) is 2.55. The number of carbonyl (C=O) groups excluding carboxylic acids is 1. The molecule has 0 saturated carbocycles. The quantitative estimate of drug-likeness (QED) is 0.873. The average Bonchev–Trinajstić information content (AvgIpc) is 2.94. The predicted octanol–water partition coefficient (Wildman–Crippen LogP) is 2.05. The van der Waals surface area contributed by atoms with Gasteiger partial charge in [0.1, 0.15) is 0 Å². The zero-order valence-corrected chi connectivity index (χ0v) is 12.2. The van der Waals surface area contributed by atoms with E-state index >= 15 is 0 Å². The van der Waals surface area contributed by atoms with E-state index in [4.69, 9.17) is 0 Å². The van der Waals surface area contributed by atoms with Crippen molar-refractivity contribution >= 4 is 11.7 Å². The number of hydrogen-bond acceptors (Lipinski definition) is 4. The minimum Gasteiger partial charge on any atom is -0.349 e. The highest BCUT2D eigenvalue weighted by Gasteiger charge is 2.14. The highest BCUT2D eigenvalue weighted by molar-refractivity contribution is 5.90. The molecule has 1 aliphatic rings. The van der Waals surface area contributed by atoms with Gasteiger partial charge in [-0.2, -0.15) is 4.98 Å². The minimum atomic E-state index is -0.240. The molecule has 2 aromatic rings. The van der Waals surface area contributed by atoms with E-state index in [1.807, 2.05) is 13.0 Å². The third-order valence-electron chi connectivity index (χ3n) is 3.75. The maximum absolute atomic E-state index is 12.1. The second-order valence-electron chi connectivity index (χ2n) is 5.35. The summed E-state index contributed by atoms with van der Waals surface area (Å²) in [6.07, 6.45) is 9.75. The summed E-state index contributed by atoms with van der Waals surface area (Å²) in [6, 6.07) is 1.83. The third kappa shape index (κ3) is 3.09. The molecule has 0 fully saturated rings. The summed E-state index contributed by atoms with van der Waals surface area (Å²) in [7, 11) is 0. The van der Waals surface area contributed by atoms with Crippen molar-refractivity contribution in [3.63, 3.8) is 0 Å². The Morgan fingerprint density at radius 2 is 2.33 bits per heavy atom. The van der Waals surface area contributed by atoms with Crippen LogP contribution in [0.25, 0.3) is 5.78 Å². The fourth-order valence-electron chi connectivity index (χ4n) is 2.55. The van der Waals surface area contributed by atoms with Crippen LogP contribution in [0.2, 0.25) is 0 Å². The van der Waals surface area contributed by atoms with Gasteiger partial charge in [-0.15, -0.1) is 5.10 Å². The molecule has 1 N–H and O–H groups in total. The number of nitrogens with zero attached hydrogens (tertiary/aromatic N) is 4. The maximum atomic E-state index is 12.1. The summed E-state index contributed by atoms with van der Waals surface area (Å²) in [5.74, 6) is 0.390. The van der Waals surface area contributed by atoms with Gasteiger partial charge in [0.15, 0.2) is 0 Å². The molecule has 2 heterocycles. The number of aromatic nitrogens is 4. The summed E-state index contributed by atoms with van der Waals surface area (Å²) in [5.41, 5.74) is 2.35. The van der Waals surface area contributed by atoms with E-state index in [0.29, 0.717) is 12.3 Å². The number of hydrogen-bond donors (Lipinski definition) is 1. The summed E-state index contributed by atoms with van der Waals surface area (Å²) in [4.78, 5) is 20.3. The Balaban J connectivity index is 1.61. The van der Waals surface area contributed by atoms with Crippen molar-refractivity contribution in [3.05, 3.63) is 35.4 Å². The third-order valence-corrected chi connectivity index (χ3v) is 3.75. The van der Waals surface area contributed by atoms with Gasteiger partial charge >= 0.3 is 0 Å². The van der Waals surface area contributed by atoms with Crippen molar-refractivity contribution < 1.29 is 4.79 Å². The molecule has 0 bridgehead atoms. The van der Waals surface area contributed by atoms with Gasteiger partial charge in [0, 0.05) is 18.4 Å². The van der Waals surface area contributed by atoms with Crippen molar-refractivity contribution in [1.82, 2.24) is 24.9 Å². The van der Waals surface area contributed by atoms with Crippen molar-refractivity contribution in [3.8, 4) is 0 Å². The molecule has 2 aromatic heterocycles. The van der Waals surface area contributed by atoms with Crippen molar-refractivity contribution in [2.24, 2.45) is 0 Å². The highest BCUT2D eigenvalue weighted by atomic mass is 16.2. The first-order valence-electron chi connectivity index (χ1n) is 7.38. The number of rotatable bonds is 4. The molecule has 110 valence electrons. The summed E-state index contributed by atoms with van der Waals surface area (Å²) < 4.78 is 1.58. The Hall–Kier alpha value is -2.24. The minimum absolute atomic E-state index is 0.175. The molecule has 0 radical (unpaired) electrons. The molecule has 0 aromatic carbocycles. The van der Waals surface area contributed by atoms with Gasteiger partial charge in [-0.1, -0.05) is 11.6 Å². The molecule has 6 heteroatoms. The van der Waals surface area contributed by atoms with Crippen LogP contribution < -0.4 is 5.32 Å². The van der Waals surface area contributed by atoms with Gasteiger partial charge in [0.25, 0.3) is 11.7 Å². The zero-order chi connectivity index (χ0) is 14.7. The zero-order valence-electron chi connectivity index (χ0n) is 12.2. The lowest BCUT2D eigenvalue weighted by atomic mass is 9.97. The molecule has 1 amide bonds. The SMILES string of the molecule is Cc1ccnc2nc(C(=O)NCCC3=CCCCC3)nn12. The highest BCUT2D eigenvalue weighted by Crippen LogP contribution is 2.19. The van der Waals surface area contributed by atoms with Crippen LogP contribution in [0.3, 0.4) is 0 Å². The first kappa shape index (κ1) is 13.7. The number of amides is 1. The molecule has 0 saturated heterocycles. The molecular weight excluding hydrogens is 266 g/mol. The predicted molar refractivity (Wildman–Crippen MR) is 79.0 cm³/mol. The first-order valence-corrected chi connectivity index (χ1v) is 7.38. The van der Waals surface area contributed by atoms with Crippen LogP contribution in [0.4, 0.5) is 0 Å². The number of nitrogens with one attached hydrogen (secondary N) is 1. The maximum Gasteiger partial charge on any atom is 0.291 e. The Labute approximate surface area is 123 Å². The van der Waals surface area contributed by atoms with Gasteiger partial charge in [-0.25, -0.2) is 9.50 Å². The second-order valence-corrected chi connectivity index (χ2v) is 5.35. The number of fused-ring (bicyclic) bond motifs is 1. The van der Waals surface area contributed by atoms with Gasteiger partial charge < -0.3 is 5.32 Å². The van der Waals surface area contributed by atoms with E-state index in [0.717, 1.165) is 18.5 Å². The molecule has 1 aliphatic carbocycles. The lowest BCUT2D eigenvalue weighted by Crippen LogP contribution is -2.26. The van der Waals surface area contributed by atoms with Gasteiger partial charge in [-0.3, -0.25) is 4.79 Å². The van der Waals surface area contributed by atoms with E-state index in [2.05, 4.69) is 26.5 Å². The molecule has 0 spiro atoms. The summed E-state index contributed by atoms with van der Waals surface area (Å²) in [6.45, 7) is 2.53. The van der Waals surface area contributed by atoms with Crippen molar-refractivity contribution in [2.45, 2.75) is 39.0 Å². The first-order chi connectivity index (χ1) is 10.2. The van der Waals surface area contributed by atoms with E-state index in [1.54, 1.807) is 10.7 Å². The molecule has 6 nitrogen and oxygen atoms in total. The molecule has 0 unspecified atom stereocenters. The van der Waals surface area contributed by atoms with E-state index in [1.165, 1.54) is 24.8 Å². The standard InChI is InChI=1S/C15H19N5O/c1-11-7-9-17-15-18-13(19-20(11)15)14(21)16-10-8-12-5-3-2-4-6-12/h5,7,9H,2-4,6,8,10H2,1H3,(H,16,21). The van der Waals surface area contributed by atoms with Gasteiger partial charge in [-0.05, 0) is 45.1 Å². The largest absolute Gasteiger partial charge is 0.349 e. The van der Waals surface area contributed by atoms with Crippen LogP contribution in [0, 0.1) is 6.92 Å². The molecule has 3 rings (SSSR count). The Kier molecular flexibility index (Phi) is 3.94. The average molecular weight is 285 g/mol. The van der Waals surface area contributed by atoms with Crippen molar-refractivity contribution in [2.75, 3.05) is 6.54 Å². The monoisotopic (exact) mass is 285 g/mol. The lowest BCUT2D eigenvalue weighted by molar-refractivity contribution is 0.0944. The Morgan fingerprint density at radius 1 is 1.43 bits per heavy atom. The van der Waals surface area contributed by atoms with E-state index in [-0.39, 0.29) is 11.7 Å². The topological polar surface area (TPSA) is 72.2 Å². The summed E-state index contributed by atoms with van der Waals surface area (Å²) >= 11 is 0. The number of allylic oxidation sites excluding steroid dienone is 1. The summed E-state index contributed by atoms with van der Waals surface area (Å²) in [5, 5.41) is 7.07. The van der Waals surface area contributed by atoms with Crippen LogP contribution >= 0.6 is 0 Å². The van der Waals surface area contributed by atoms with Gasteiger partial charge in [0.05, 0.1) is 0 Å². The van der Waals surface area contributed by atoms with Crippen molar-refractivity contribution in [1.29, 1.82) is 0 Å². The van der Waals surface area contributed by atoms with E-state index < -0.39 is 0 Å². The number of aryl methyl sites for hydroxylation is 1. The van der Waals surface area contributed by atoms with Gasteiger partial charge in [0.2, 0.25) is 5.82 Å². The van der Waals surface area contributed by atoms with Crippen LogP contribution in [0.15, 0.2) is 23.9 Å². The fraction of sp³-hybridized carbons (Fsp3) is 0.467. The van der Waals surface area contributed by atoms with Crippen LogP contribution in [-0.4, -0.2) is 32.0 Å². The molecule has 0 atom stereocenters. The Morgan fingerprint density at radius 3 is 3.10 bits per heavy atom. The van der Waals surface area contributed by atoms with Crippen LogP contribution in [0.1, 0.15) is 48.4 Å². The molecular formula is C15H19N5O. The van der Waals surface area contributed by atoms with Crippen LogP contribution in [0.5, 0.6) is 0 Å². The van der Waals surface area contributed by atoms with E-state index in [9.17, 15) is 4.79 Å². The second kappa shape index (κ2) is 6.03. The lowest BCUT2D eigenvalue weighted by Gasteiger charge is -2.12. The normalized spacial score (nSPS) is 15.0. The smallest absolute Gasteiger partial charge is 0.291 e. The molecule has 0 aliphatic heterocycles. The van der Waals surface area contributed by atoms with Crippen LogP contribution in [-0.2, 0) is 0 Å².